The zero-order valence-corrected chi connectivity index (χ0v) is 13.9. The molecule has 114 valence electrons. The van der Waals surface area contributed by atoms with Crippen LogP contribution in [0.25, 0.3) is 0 Å². The van der Waals surface area contributed by atoms with Gasteiger partial charge < -0.3 is 0 Å². The van der Waals surface area contributed by atoms with Crippen molar-refractivity contribution in [2.24, 2.45) is 29.6 Å². The summed E-state index contributed by atoms with van der Waals surface area (Å²) in [6.07, 6.45) is 10.2. The van der Waals surface area contributed by atoms with E-state index >= 15 is 0 Å². The normalized spacial score (nSPS) is 33.2. The van der Waals surface area contributed by atoms with Crippen molar-refractivity contribution in [3.05, 3.63) is 20.0 Å². The maximum Gasteiger partial charge on any atom is 0 e. The zero-order chi connectivity index (χ0) is 15.7. The van der Waals surface area contributed by atoms with E-state index in [1.807, 2.05) is 0 Å². The number of hydrogen-bond donors (Lipinski definition) is 0. The van der Waals surface area contributed by atoms with Crippen LogP contribution in [0.3, 0.4) is 0 Å². The van der Waals surface area contributed by atoms with Crippen LogP contribution in [0, 0.1) is 49.5 Å². The molecule has 0 amide bonds. The minimum atomic E-state index is 0. The monoisotopic (exact) mass is 328 g/mol. The fourth-order valence-electron chi connectivity index (χ4n) is 4.60. The fraction of sp³-hybridized carbons (Fsp3) is 0.750. The van der Waals surface area contributed by atoms with Crippen molar-refractivity contribution in [2.45, 2.75) is 32.1 Å². The van der Waals surface area contributed by atoms with Gasteiger partial charge in [0.1, 0.15) is 20.3 Å². The second-order valence-electron chi connectivity index (χ2n) is 6.01. The van der Waals surface area contributed by atoms with Crippen molar-refractivity contribution in [1.29, 1.82) is 0 Å². The van der Waals surface area contributed by atoms with Gasteiger partial charge in [-0.2, -0.15) is 0 Å². The maximum absolute atomic E-state index is 7.50. The quantitative estimate of drug-likeness (QED) is 0.307. The molecule has 3 aliphatic carbocycles. The number of nitrogens with zero attached hydrogens (tertiary/aromatic N) is 1. The van der Waals surface area contributed by atoms with E-state index in [1.165, 1.54) is 12.8 Å². The van der Waals surface area contributed by atoms with Crippen molar-refractivity contribution >= 4 is 6.21 Å². The van der Waals surface area contributed by atoms with Crippen LogP contribution in [0.15, 0.2) is 0 Å². The Morgan fingerprint density at radius 1 is 0.810 bits per heavy atom. The number of rotatable bonds is 1. The molecule has 2 bridgehead atoms. The SMILES string of the molecule is C[N+](C)=CC1CC2C3CCC(C3)C2C1.[C-]#[O+].[C-]#[O+].[C-]#[O+].[Cr]. The van der Waals surface area contributed by atoms with Gasteiger partial charge in [-0.05, 0) is 55.8 Å². The summed E-state index contributed by atoms with van der Waals surface area (Å²) in [5.41, 5.74) is 0. The molecule has 0 saturated heterocycles. The van der Waals surface area contributed by atoms with Crippen LogP contribution in [0.1, 0.15) is 32.1 Å². The van der Waals surface area contributed by atoms with Crippen LogP contribution < -0.4 is 0 Å². The largest absolute Gasteiger partial charge is 0 e. The molecule has 0 aromatic rings. The van der Waals surface area contributed by atoms with Gasteiger partial charge in [-0.15, -0.1) is 0 Å². The Hall–Kier alpha value is -0.578. The van der Waals surface area contributed by atoms with Gasteiger partial charge in [0.15, 0.2) is 0 Å². The van der Waals surface area contributed by atoms with E-state index in [1.54, 1.807) is 19.3 Å². The topological polar surface area (TPSA) is 62.7 Å². The Morgan fingerprint density at radius 3 is 1.52 bits per heavy atom. The first kappa shape index (κ1) is 22.7. The van der Waals surface area contributed by atoms with Crippen LogP contribution in [0.2, 0.25) is 0 Å². The summed E-state index contributed by atoms with van der Waals surface area (Å²) < 4.78 is 24.8. The smallest absolute Gasteiger partial charge is 0 e. The third kappa shape index (κ3) is 5.61. The second kappa shape index (κ2) is 12.0. The Bertz CT molecular complexity index is 352. The molecule has 0 radical (unpaired) electrons. The van der Waals surface area contributed by atoms with Gasteiger partial charge in [-0.3, -0.25) is 0 Å². The molecule has 3 fully saturated rings. The molecule has 4 unspecified atom stereocenters. The fourth-order valence-corrected chi connectivity index (χ4v) is 4.60. The molecule has 0 aliphatic heterocycles. The van der Waals surface area contributed by atoms with Crippen LogP contribution >= 0.6 is 0 Å². The Labute approximate surface area is 138 Å². The molecule has 4 atom stereocenters. The van der Waals surface area contributed by atoms with E-state index in [0.29, 0.717) is 0 Å². The Balaban J connectivity index is 0. The van der Waals surface area contributed by atoms with Gasteiger partial charge >= 0.3 is 33.9 Å². The van der Waals surface area contributed by atoms with E-state index < -0.39 is 0 Å². The van der Waals surface area contributed by atoms with Crippen LogP contribution in [-0.4, -0.2) is 24.9 Å². The first-order chi connectivity index (χ1) is 9.74. The van der Waals surface area contributed by atoms with Crippen molar-refractivity contribution in [1.82, 2.24) is 0 Å². The summed E-state index contributed by atoms with van der Waals surface area (Å²) >= 11 is 0. The summed E-state index contributed by atoms with van der Waals surface area (Å²) in [5, 5.41) is 0. The van der Waals surface area contributed by atoms with Crippen molar-refractivity contribution in [3.63, 3.8) is 0 Å². The van der Waals surface area contributed by atoms with Crippen molar-refractivity contribution < 1.29 is 35.9 Å². The Morgan fingerprint density at radius 2 is 1.19 bits per heavy atom. The summed E-state index contributed by atoms with van der Waals surface area (Å²) in [7, 11) is 4.34. The third-order valence-electron chi connectivity index (χ3n) is 4.93. The van der Waals surface area contributed by atoms with Gasteiger partial charge in [0.2, 0.25) is 0 Å². The molecule has 3 rings (SSSR count). The van der Waals surface area contributed by atoms with Crippen molar-refractivity contribution in [2.75, 3.05) is 14.1 Å². The van der Waals surface area contributed by atoms with Crippen LogP contribution in [0.5, 0.6) is 0 Å². The van der Waals surface area contributed by atoms with Crippen LogP contribution in [0.4, 0.5) is 0 Å². The molecule has 0 N–H and O–H groups in total. The first-order valence-corrected chi connectivity index (χ1v) is 6.86. The first-order valence-electron chi connectivity index (χ1n) is 6.86. The molecule has 3 aliphatic rings. The molecule has 3 saturated carbocycles. The van der Waals surface area contributed by atoms with Gasteiger partial charge in [-0.1, -0.05) is 0 Å². The minimum Gasteiger partial charge on any atom is 0 e. The second-order valence-corrected chi connectivity index (χ2v) is 6.01. The molecular formula is C16H22CrNO3+. The molecule has 0 spiro atoms. The Kier molecular flexibility index (Phi) is 13.0. The van der Waals surface area contributed by atoms with E-state index in [4.69, 9.17) is 14.0 Å². The zero-order valence-electron chi connectivity index (χ0n) is 12.6. The average molecular weight is 328 g/mol. The minimum absolute atomic E-state index is 0. The molecule has 0 aromatic heterocycles. The standard InChI is InChI=1S/C13H22N.3CO.Cr/c1-14(2)8-9-5-12-10-3-4-11(7-10)13(12)6-9;3*1-2;/h8-13H,3-7H2,1-2H3;;;;/q+1;;;;. The van der Waals surface area contributed by atoms with Gasteiger partial charge in [0, 0.05) is 23.3 Å². The van der Waals surface area contributed by atoms with Crippen LogP contribution in [-0.2, 0) is 31.3 Å². The average Bonchev–Trinajstić information content (AvgIpc) is 3.17. The summed E-state index contributed by atoms with van der Waals surface area (Å²) in [6, 6.07) is 0. The van der Waals surface area contributed by atoms with Gasteiger partial charge in [0.05, 0.1) is 0 Å². The van der Waals surface area contributed by atoms with Gasteiger partial charge in [-0.25, -0.2) is 4.58 Å². The molecule has 21 heavy (non-hydrogen) atoms. The molecule has 5 heteroatoms. The molecule has 4 nitrogen and oxygen atoms in total. The van der Waals surface area contributed by atoms with E-state index in [-0.39, 0.29) is 17.4 Å². The predicted molar refractivity (Wildman–Crippen MR) is 70.5 cm³/mol. The molecule has 0 aromatic carbocycles. The predicted octanol–water partition coefficient (Wildman–Crippen LogP) is 2.29. The maximum atomic E-state index is 7.50. The summed E-state index contributed by atoms with van der Waals surface area (Å²) in [4.78, 5) is 0. The third-order valence-corrected chi connectivity index (χ3v) is 4.93. The number of fused-ring (bicyclic) bond motifs is 5. The van der Waals surface area contributed by atoms with E-state index in [2.05, 4.69) is 44.8 Å². The number of hydrogen-bond acceptors (Lipinski definition) is 0. The van der Waals surface area contributed by atoms with Crippen molar-refractivity contribution in [3.8, 4) is 0 Å². The van der Waals surface area contributed by atoms with E-state index in [9.17, 15) is 0 Å². The summed E-state index contributed by atoms with van der Waals surface area (Å²) in [5.74, 6) is 5.41. The molecular weight excluding hydrogens is 306 g/mol. The van der Waals surface area contributed by atoms with E-state index in [0.717, 1.165) is 29.6 Å². The van der Waals surface area contributed by atoms with Gasteiger partial charge in [0.25, 0.3) is 0 Å². The summed E-state index contributed by atoms with van der Waals surface area (Å²) in [6.45, 7) is 13.5. The molecule has 0 heterocycles.